The third kappa shape index (κ3) is 3.63. The van der Waals surface area contributed by atoms with Crippen LogP contribution in [0.5, 0.6) is 5.75 Å². The molecule has 0 spiro atoms. The highest BCUT2D eigenvalue weighted by atomic mass is 32.2. The minimum Gasteiger partial charge on any atom is -0.494 e. The van der Waals surface area contributed by atoms with E-state index in [1.807, 2.05) is 0 Å². The first-order valence-electron chi connectivity index (χ1n) is 5.02. The summed E-state index contributed by atoms with van der Waals surface area (Å²) in [5.74, 6) is -2.95. The number of sulfonamides is 1. The van der Waals surface area contributed by atoms with E-state index in [-0.39, 0.29) is 5.75 Å². The van der Waals surface area contributed by atoms with Crippen LogP contribution in [0.2, 0.25) is 0 Å². The molecule has 0 aromatic heterocycles. The molecule has 0 saturated heterocycles. The van der Waals surface area contributed by atoms with E-state index in [0.29, 0.717) is 0 Å². The van der Waals surface area contributed by atoms with E-state index in [4.69, 9.17) is 10.2 Å². The largest absolute Gasteiger partial charge is 0.494 e. The Hall–Kier alpha value is -1.71. The molecule has 0 bridgehead atoms. The third-order valence-electron chi connectivity index (χ3n) is 2.19. The van der Waals surface area contributed by atoms with E-state index in [2.05, 4.69) is 4.74 Å². The molecule has 0 aliphatic heterocycles. The number of methoxy groups -OCH3 is 1. The number of rotatable bonds is 6. The summed E-state index contributed by atoms with van der Waals surface area (Å²) in [6.45, 7) is -0.770. The van der Waals surface area contributed by atoms with Gasteiger partial charge in [-0.1, -0.05) is 6.07 Å². The van der Waals surface area contributed by atoms with Gasteiger partial charge in [-0.15, -0.1) is 0 Å². The monoisotopic (exact) mass is 293 g/mol. The molecule has 0 aliphatic carbocycles. The zero-order chi connectivity index (χ0) is 14.6. The Bertz CT molecular complexity index is 573. The number of aliphatic carboxylic acids is 1. The average molecular weight is 293 g/mol. The standard InChI is InChI=1S/C10H12FNO6S/c1-18-7-3-2-4-8(9(7)11)19(16,17)12-5-6(13)10(14)15/h2-4,6,12-13H,5H2,1H3,(H,14,15)/t6-/m0/s1. The Morgan fingerprint density at radius 3 is 2.68 bits per heavy atom. The number of carboxylic acid groups (broad SMARTS) is 1. The lowest BCUT2D eigenvalue weighted by Gasteiger charge is -2.11. The van der Waals surface area contributed by atoms with Gasteiger partial charge in [0.1, 0.15) is 4.90 Å². The highest BCUT2D eigenvalue weighted by Crippen LogP contribution is 2.23. The molecule has 0 heterocycles. The Morgan fingerprint density at radius 2 is 2.16 bits per heavy atom. The van der Waals surface area contributed by atoms with Crippen molar-refractivity contribution in [2.75, 3.05) is 13.7 Å². The topological polar surface area (TPSA) is 113 Å². The van der Waals surface area contributed by atoms with Crippen LogP contribution in [0.3, 0.4) is 0 Å². The molecule has 0 saturated carbocycles. The molecule has 0 radical (unpaired) electrons. The van der Waals surface area contributed by atoms with Crippen molar-refractivity contribution in [3.8, 4) is 5.75 Å². The Balaban J connectivity index is 2.98. The summed E-state index contributed by atoms with van der Waals surface area (Å²) in [7, 11) is -3.10. The zero-order valence-electron chi connectivity index (χ0n) is 9.83. The van der Waals surface area contributed by atoms with Gasteiger partial charge in [0.05, 0.1) is 7.11 Å². The fraction of sp³-hybridized carbons (Fsp3) is 0.300. The Morgan fingerprint density at radius 1 is 1.53 bits per heavy atom. The van der Waals surface area contributed by atoms with Crippen LogP contribution in [-0.2, 0) is 14.8 Å². The molecule has 0 fully saturated rings. The number of aliphatic hydroxyl groups excluding tert-OH is 1. The predicted molar refractivity (Wildman–Crippen MR) is 61.8 cm³/mol. The quantitative estimate of drug-likeness (QED) is 0.655. The van der Waals surface area contributed by atoms with Crippen molar-refractivity contribution in [1.29, 1.82) is 0 Å². The molecule has 0 amide bonds. The summed E-state index contributed by atoms with van der Waals surface area (Å²) in [5, 5.41) is 17.4. The van der Waals surface area contributed by atoms with Crippen LogP contribution < -0.4 is 9.46 Å². The van der Waals surface area contributed by atoms with Crippen LogP contribution >= 0.6 is 0 Å². The molecule has 1 aromatic rings. The molecule has 1 aromatic carbocycles. The molecule has 3 N–H and O–H groups in total. The van der Waals surface area contributed by atoms with Gasteiger partial charge in [0, 0.05) is 6.54 Å². The molecule has 106 valence electrons. The number of halogens is 1. The fourth-order valence-electron chi connectivity index (χ4n) is 1.21. The van der Waals surface area contributed by atoms with Crippen LogP contribution in [0, 0.1) is 5.82 Å². The number of nitrogens with one attached hydrogen (secondary N) is 1. The van der Waals surface area contributed by atoms with Crippen molar-refractivity contribution < 1.29 is 32.6 Å². The van der Waals surface area contributed by atoms with Gasteiger partial charge in [-0.3, -0.25) is 0 Å². The number of hydrogen-bond acceptors (Lipinski definition) is 5. The summed E-state index contributed by atoms with van der Waals surface area (Å²) < 4.78 is 43.6. The summed E-state index contributed by atoms with van der Waals surface area (Å²) in [6, 6.07) is 3.50. The highest BCUT2D eigenvalue weighted by Gasteiger charge is 2.24. The first kappa shape index (κ1) is 15.3. The number of benzene rings is 1. The van der Waals surface area contributed by atoms with Crippen LogP contribution in [0.1, 0.15) is 0 Å². The van der Waals surface area contributed by atoms with Crippen molar-refractivity contribution in [1.82, 2.24) is 4.72 Å². The normalized spacial score (nSPS) is 13.0. The number of aliphatic hydroxyl groups is 1. The van der Waals surface area contributed by atoms with Gasteiger partial charge in [0.2, 0.25) is 10.0 Å². The van der Waals surface area contributed by atoms with Crippen LogP contribution in [-0.4, -0.2) is 44.4 Å². The van der Waals surface area contributed by atoms with Gasteiger partial charge in [0.25, 0.3) is 0 Å². The van der Waals surface area contributed by atoms with Crippen molar-refractivity contribution in [3.63, 3.8) is 0 Å². The summed E-state index contributed by atoms with van der Waals surface area (Å²) in [5.41, 5.74) is 0. The third-order valence-corrected chi connectivity index (χ3v) is 3.63. The molecule has 0 unspecified atom stereocenters. The van der Waals surface area contributed by atoms with Crippen LogP contribution in [0.15, 0.2) is 23.1 Å². The molecular weight excluding hydrogens is 281 g/mol. The second kappa shape index (κ2) is 5.95. The van der Waals surface area contributed by atoms with E-state index < -0.39 is 39.4 Å². The minimum atomic E-state index is -4.28. The summed E-state index contributed by atoms with van der Waals surface area (Å²) >= 11 is 0. The summed E-state index contributed by atoms with van der Waals surface area (Å²) in [6.07, 6.45) is -1.91. The molecular formula is C10H12FNO6S. The van der Waals surface area contributed by atoms with E-state index in [1.54, 1.807) is 4.72 Å². The molecule has 9 heteroatoms. The first-order valence-corrected chi connectivity index (χ1v) is 6.51. The van der Waals surface area contributed by atoms with Crippen molar-refractivity contribution >= 4 is 16.0 Å². The Labute approximate surface area is 108 Å². The molecule has 0 aliphatic rings. The molecule has 1 rings (SSSR count). The zero-order valence-corrected chi connectivity index (χ0v) is 10.6. The average Bonchev–Trinajstić information content (AvgIpc) is 2.35. The predicted octanol–water partition coefficient (Wildman–Crippen LogP) is -0.442. The second-order valence-corrected chi connectivity index (χ2v) is 5.21. The number of carboxylic acids is 1. The molecule has 1 atom stereocenters. The van der Waals surface area contributed by atoms with Crippen molar-refractivity contribution in [3.05, 3.63) is 24.0 Å². The lowest BCUT2D eigenvalue weighted by Crippen LogP contribution is -2.36. The van der Waals surface area contributed by atoms with Crippen LogP contribution in [0.4, 0.5) is 4.39 Å². The highest BCUT2D eigenvalue weighted by molar-refractivity contribution is 7.89. The van der Waals surface area contributed by atoms with E-state index in [1.165, 1.54) is 19.2 Å². The van der Waals surface area contributed by atoms with Gasteiger partial charge >= 0.3 is 5.97 Å². The maximum Gasteiger partial charge on any atom is 0.333 e. The van der Waals surface area contributed by atoms with Gasteiger partial charge in [-0.05, 0) is 12.1 Å². The fourth-order valence-corrected chi connectivity index (χ4v) is 2.34. The van der Waals surface area contributed by atoms with Crippen molar-refractivity contribution in [2.45, 2.75) is 11.0 Å². The lowest BCUT2D eigenvalue weighted by molar-refractivity contribution is -0.146. The second-order valence-electron chi connectivity index (χ2n) is 3.48. The first-order chi connectivity index (χ1) is 8.79. The maximum absolute atomic E-state index is 13.7. The lowest BCUT2D eigenvalue weighted by atomic mass is 10.3. The molecule has 19 heavy (non-hydrogen) atoms. The maximum atomic E-state index is 13.7. The van der Waals surface area contributed by atoms with Gasteiger partial charge in [-0.2, -0.15) is 0 Å². The summed E-state index contributed by atoms with van der Waals surface area (Å²) in [4.78, 5) is 9.65. The van der Waals surface area contributed by atoms with E-state index in [9.17, 15) is 17.6 Å². The van der Waals surface area contributed by atoms with Gasteiger partial charge < -0.3 is 14.9 Å². The number of hydrogen-bond donors (Lipinski definition) is 3. The van der Waals surface area contributed by atoms with Crippen LogP contribution in [0.25, 0.3) is 0 Å². The van der Waals surface area contributed by atoms with E-state index in [0.717, 1.165) is 6.07 Å². The van der Waals surface area contributed by atoms with Gasteiger partial charge in [-0.25, -0.2) is 22.3 Å². The number of ether oxygens (including phenoxy) is 1. The SMILES string of the molecule is COc1cccc(S(=O)(=O)NC[C@H](O)C(=O)O)c1F. The number of carbonyl (C=O) groups is 1. The minimum absolute atomic E-state index is 0.262. The molecule has 7 nitrogen and oxygen atoms in total. The Kier molecular flexibility index (Phi) is 4.81. The smallest absolute Gasteiger partial charge is 0.333 e. The van der Waals surface area contributed by atoms with Gasteiger partial charge in [0.15, 0.2) is 17.7 Å². The van der Waals surface area contributed by atoms with Crippen molar-refractivity contribution in [2.24, 2.45) is 0 Å². The van der Waals surface area contributed by atoms with E-state index >= 15 is 0 Å².